The molecule has 88 valence electrons. The predicted octanol–water partition coefficient (Wildman–Crippen LogP) is -1.16. The first-order valence-corrected chi connectivity index (χ1v) is 7.04. The molecule has 0 heterocycles. The molecule has 6 nitrogen and oxygen atoms in total. The largest absolute Gasteiger partial charge is 0.473 e. The number of carbonyl (C=O) groups is 2. The number of nitrogens with two attached hydrogens (primary N) is 2. The Morgan fingerprint density at radius 2 is 1.29 bits per heavy atom. The Balaban J connectivity index is -0.000000163. The van der Waals surface area contributed by atoms with Gasteiger partial charge >= 0.3 is 11.9 Å². The monoisotopic (exact) mass is 403 g/mol. The van der Waals surface area contributed by atoms with Crippen LogP contribution < -0.4 is 11.5 Å². The maximum Gasteiger partial charge on any atom is 0.414 e. The van der Waals surface area contributed by atoms with Crippen LogP contribution in [0.5, 0.6) is 0 Å². The van der Waals surface area contributed by atoms with Crippen molar-refractivity contribution in [2.75, 3.05) is 12.3 Å². The molecule has 0 bridgehead atoms. The summed E-state index contributed by atoms with van der Waals surface area (Å²) in [6, 6.07) is 0. The van der Waals surface area contributed by atoms with Gasteiger partial charge in [-0.15, -0.1) is 0 Å². The number of rotatable bonds is 2. The Hall–Kier alpha value is -0.235. The van der Waals surface area contributed by atoms with Crippen LogP contribution >= 0.6 is 0 Å². The molecule has 8 heteroatoms. The standard InChI is InChI=1S/C4H14N2Si.C2H2O4.Pt/c1-7(2,3-5)4-6;3-1(4)2(5)6;/h3-6H2,1-2H3;(H,3,4)(H,5,6);. The van der Waals surface area contributed by atoms with Crippen LogP contribution in [-0.4, -0.2) is 42.6 Å². The van der Waals surface area contributed by atoms with Gasteiger partial charge in [0, 0.05) is 21.1 Å². The minimum Gasteiger partial charge on any atom is -0.473 e. The van der Waals surface area contributed by atoms with Gasteiger partial charge in [0.25, 0.3) is 0 Å². The minimum absolute atomic E-state index is 0. The summed E-state index contributed by atoms with van der Waals surface area (Å²) in [6.45, 7) is 4.38. The first kappa shape index (κ1) is 19.4. The second kappa shape index (κ2) is 9.33. The van der Waals surface area contributed by atoms with Crippen molar-refractivity contribution in [3.8, 4) is 0 Å². The Morgan fingerprint density at radius 3 is 1.29 bits per heavy atom. The quantitative estimate of drug-likeness (QED) is 0.341. The van der Waals surface area contributed by atoms with Crippen molar-refractivity contribution >= 4 is 20.0 Å². The Bertz CT molecular complexity index is 171. The van der Waals surface area contributed by atoms with Crippen molar-refractivity contribution < 1.29 is 40.9 Å². The molecule has 0 rings (SSSR count). The summed E-state index contributed by atoms with van der Waals surface area (Å²) >= 11 is 0. The smallest absolute Gasteiger partial charge is 0.414 e. The third-order valence-electron chi connectivity index (χ3n) is 1.29. The van der Waals surface area contributed by atoms with Crippen LogP contribution in [0.2, 0.25) is 13.1 Å². The zero-order valence-electron chi connectivity index (χ0n) is 8.10. The Kier molecular flexibility index (Phi) is 12.9. The van der Waals surface area contributed by atoms with Gasteiger partial charge in [0.15, 0.2) is 0 Å². The summed E-state index contributed by atoms with van der Waals surface area (Å²) in [6.07, 6.45) is 1.62. The SMILES string of the molecule is C[Si](C)(CN)CN.O=C(O)C(=O)O.[Pt]. The fourth-order valence-electron chi connectivity index (χ4n) is 0.0833. The van der Waals surface area contributed by atoms with Crippen molar-refractivity contribution in [1.29, 1.82) is 0 Å². The molecule has 0 saturated heterocycles. The summed E-state index contributed by atoms with van der Waals surface area (Å²) in [4.78, 5) is 18.2. The van der Waals surface area contributed by atoms with Gasteiger partial charge in [-0.1, -0.05) is 13.1 Å². The average molecular weight is 403 g/mol. The molecular formula is C6H16N2O4PtSi. The van der Waals surface area contributed by atoms with Gasteiger partial charge in [0.2, 0.25) is 0 Å². The first-order chi connectivity index (χ1) is 5.76. The molecule has 0 saturated carbocycles. The molecule has 0 fully saturated rings. The van der Waals surface area contributed by atoms with Crippen LogP contribution in [0.4, 0.5) is 0 Å². The Morgan fingerprint density at radius 1 is 1.07 bits per heavy atom. The number of hydrogen-bond acceptors (Lipinski definition) is 4. The van der Waals surface area contributed by atoms with E-state index in [1.165, 1.54) is 0 Å². The average Bonchev–Trinajstić information content (AvgIpc) is 2.05. The van der Waals surface area contributed by atoms with E-state index in [1.807, 2.05) is 0 Å². The molecule has 0 aromatic rings. The molecule has 0 aliphatic carbocycles. The second-order valence-electron chi connectivity index (χ2n) is 3.18. The van der Waals surface area contributed by atoms with Crippen LogP contribution in [0.25, 0.3) is 0 Å². The summed E-state index contributed by atoms with van der Waals surface area (Å²) in [5.74, 6) is -3.65. The van der Waals surface area contributed by atoms with Crippen LogP contribution in [0, 0.1) is 0 Å². The van der Waals surface area contributed by atoms with Gasteiger partial charge in [-0.25, -0.2) is 9.59 Å². The van der Waals surface area contributed by atoms with E-state index >= 15 is 0 Å². The topological polar surface area (TPSA) is 127 Å². The molecule has 0 spiro atoms. The van der Waals surface area contributed by atoms with Crippen LogP contribution in [0.1, 0.15) is 0 Å². The van der Waals surface area contributed by atoms with E-state index in [0.717, 1.165) is 12.3 Å². The molecule has 6 N–H and O–H groups in total. The van der Waals surface area contributed by atoms with Crippen molar-refractivity contribution in [3.63, 3.8) is 0 Å². The maximum absolute atomic E-state index is 9.10. The van der Waals surface area contributed by atoms with Crippen molar-refractivity contribution in [2.45, 2.75) is 13.1 Å². The number of carboxylic acid groups (broad SMARTS) is 2. The van der Waals surface area contributed by atoms with Crippen molar-refractivity contribution in [3.05, 3.63) is 0 Å². The second-order valence-corrected chi connectivity index (χ2v) is 8.33. The summed E-state index contributed by atoms with van der Waals surface area (Å²) in [5, 5.41) is 14.8. The molecule has 0 aromatic heterocycles. The van der Waals surface area contributed by atoms with Gasteiger partial charge in [-0.05, 0) is 12.3 Å². The fraction of sp³-hybridized carbons (Fsp3) is 0.667. The molecular weight excluding hydrogens is 387 g/mol. The Labute approximate surface area is 97.9 Å². The van der Waals surface area contributed by atoms with E-state index < -0.39 is 20.0 Å². The van der Waals surface area contributed by atoms with E-state index in [0.29, 0.717) is 0 Å². The zero-order valence-corrected chi connectivity index (χ0v) is 11.4. The van der Waals surface area contributed by atoms with E-state index in [-0.39, 0.29) is 21.1 Å². The third-order valence-corrected chi connectivity index (χ3v) is 3.50. The normalized spacial score (nSPS) is 9.14. The van der Waals surface area contributed by atoms with Crippen LogP contribution in [-0.2, 0) is 30.7 Å². The summed E-state index contributed by atoms with van der Waals surface area (Å²) in [7, 11) is -1.10. The van der Waals surface area contributed by atoms with E-state index in [4.69, 9.17) is 31.3 Å². The molecule has 0 atom stereocenters. The first-order valence-electron chi connectivity index (χ1n) is 3.63. The van der Waals surface area contributed by atoms with Crippen LogP contribution in [0.3, 0.4) is 0 Å². The number of carboxylic acids is 2. The fourth-order valence-corrected chi connectivity index (χ4v) is 0.250. The zero-order chi connectivity index (χ0) is 11.1. The van der Waals surface area contributed by atoms with Crippen LogP contribution in [0.15, 0.2) is 0 Å². The molecule has 0 unspecified atom stereocenters. The molecule has 0 radical (unpaired) electrons. The molecule has 0 aliphatic heterocycles. The van der Waals surface area contributed by atoms with Crippen molar-refractivity contribution in [1.82, 2.24) is 0 Å². The van der Waals surface area contributed by atoms with Gasteiger partial charge in [-0.3, -0.25) is 0 Å². The number of aliphatic carboxylic acids is 2. The summed E-state index contributed by atoms with van der Waals surface area (Å²) < 4.78 is 0. The van der Waals surface area contributed by atoms with Gasteiger partial charge < -0.3 is 21.7 Å². The molecule has 14 heavy (non-hydrogen) atoms. The maximum atomic E-state index is 9.10. The van der Waals surface area contributed by atoms with Gasteiger partial charge in [0.1, 0.15) is 0 Å². The van der Waals surface area contributed by atoms with E-state index in [2.05, 4.69) is 13.1 Å². The van der Waals surface area contributed by atoms with Gasteiger partial charge in [0.05, 0.1) is 8.07 Å². The summed E-state index contributed by atoms with van der Waals surface area (Å²) in [5.41, 5.74) is 10.8. The third kappa shape index (κ3) is 14.3. The van der Waals surface area contributed by atoms with E-state index in [9.17, 15) is 0 Å². The van der Waals surface area contributed by atoms with Crippen molar-refractivity contribution in [2.24, 2.45) is 11.5 Å². The van der Waals surface area contributed by atoms with E-state index in [1.54, 1.807) is 0 Å². The molecule has 0 amide bonds. The molecule has 0 aromatic carbocycles. The van der Waals surface area contributed by atoms with Gasteiger partial charge in [-0.2, -0.15) is 0 Å². The minimum atomic E-state index is -1.82. The molecule has 0 aliphatic rings. The predicted molar refractivity (Wildman–Crippen MR) is 50.9 cm³/mol. The number of hydrogen-bond donors (Lipinski definition) is 4.